The van der Waals surface area contributed by atoms with Crippen molar-refractivity contribution in [1.82, 2.24) is 0 Å². The van der Waals surface area contributed by atoms with Crippen molar-refractivity contribution < 1.29 is 0 Å². The molecule has 0 radical (unpaired) electrons. The van der Waals surface area contributed by atoms with Gasteiger partial charge in [0.15, 0.2) is 0 Å². The minimum atomic E-state index is 0.183. The lowest BCUT2D eigenvalue weighted by Gasteiger charge is -2.24. The molecular weight excluding hydrogens is 354 g/mol. The summed E-state index contributed by atoms with van der Waals surface area (Å²) in [6, 6.07) is 26.2. The summed E-state index contributed by atoms with van der Waals surface area (Å²) in [6.07, 6.45) is 0. The van der Waals surface area contributed by atoms with E-state index in [-0.39, 0.29) is 5.92 Å². The Morgan fingerprint density at radius 2 is 1.03 bits per heavy atom. The average molecular weight is 388 g/mol. The van der Waals surface area contributed by atoms with Crippen LogP contribution in [0.4, 0.5) is 17.1 Å². The van der Waals surface area contributed by atoms with Crippen LogP contribution < -0.4 is 15.5 Å². The van der Waals surface area contributed by atoms with E-state index in [4.69, 9.17) is 5.73 Å². The third kappa shape index (κ3) is 4.73. The third-order valence-electron chi connectivity index (χ3n) is 5.77. The number of benzene rings is 3. The SMILES string of the molecule is CCN(C)c1ccc(C(c2ccc(N)cc2)c2ccc(N(CC)CC)cc2)cc1. The Bertz CT molecular complexity index is 879. The van der Waals surface area contributed by atoms with Gasteiger partial charge in [0.1, 0.15) is 0 Å². The van der Waals surface area contributed by atoms with E-state index in [9.17, 15) is 0 Å². The number of anilines is 3. The van der Waals surface area contributed by atoms with Crippen LogP contribution in [-0.2, 0) is 0 Å². The standard InChI is InChI=1S/C26H33N3/c1-5-28(4)24-16-10-21(11-17-24)26(20-8-14-23(27)15-9-20)22-12-18-25(19-13-22)29(6-2)7-3/h8-19,26H,5-7,27H2,1-4H3. The Hall–Kier alpha value is -2.94. The molecule has 3 heteroatoms. The van der Waals surface area contributed by atoms with E-state index in [1.165, 1.54) is 28.1 Å². The molecule has 1 unspecified atom stereocenters. The molecular formula is C26H33N3. The van der Waals surface area contributed by atoms with Crippen LogP contribution in [0.3, 0.4) is 0 Å². The highest BCUT2D eigenvalue weighted by atomic mass is 15.1. The molecule has 0 heterocycles. The maximum absolute atomic E-state index is 5.95. The fourth-order valence-electron chi connectivity index (χ4n) is 3.84. The number of nitrogen functional groups attached to an aromatic ring is 1. The van der Waals surface area contributed by atoms with Gasteiger partial charge in [-0.15, -0.1) is 0 Å². The van der Waals surface area contributed by atoms with Gasteiger partial charge in [-0.25, -0.2) is 0 Å². The molecule has 29 heavy (non-hydrogen) atoms. The zero-order valence-electron chi connectivity index (χ0n) is 18.1. The first kappa shape index (κ1) is 20.8. The summed E-state index contributed by atoms with van der Waals surface area (Å²) in [5.41, 5.74) is 13.1. The topological polar surface area (TPSA) is 32.5 Å². The first-order chi connectivity index (χ1) is 14.1. The van der Waals surface area contributed by atoms with Crippen LogP contribution in [0, 0.1) is 0 Å². The Morgan fingerprint density at radius 3 is 1.45 bits per heavy atom. The minimum absolute atomic E-state index is 0.183. The van der Waals surface area contributed by atoms with Crippen molar-refractivity contribution in [3.8, 4) is 0 Å². The number of nitrogens with zero attached hydrogens (tertiary/aromatic N) is 2. The average Bonchev–Trinajstić information content (AvgIpc) is 2.77. The van der Waals surface area contributed by atoms with Gasteiger partial charge < -0.3 is 15.5 Å². The molecule has 3 nitrogen and oxygen atoms in total. The summed E-state index contributed by atoms with van der Waals surface area (Å²) >= 11 is 0. The van der Waals surface area contributed by atoms with E-state index in [0.717, 1.165) is 25.3 Å². The molecule has 3 rings (SSSR count). The smallest absolute Gasteiger partial charge is 0.0366 e. The van der Waals surface area contributed by atoms with Crippen molar-refractivity contribution >= 4 is 17.1 Å². The molecule has 0 aliphatic rings. The van der Waals surface area contributed by atoms with Crippen molar-refractivity contribution in [2.75, 3.05) is 42.2 Å². The largest absolute Gasteiger partial charge is 0.399 e. The van der Waals surface area contributed by atoms with Crippen LogP contribution in [0.15, 0.2) is 72.8 Å². The highest BCUT2D eigenvalue weighted by molar-refractivity contribution is 5.54. The number of nitrogens with two attached hydrogens (primary N) is 1. The van der Waals surface area contributed by atoms with Gasteiger partial charge in [-0.2, -0.15) is 0 Å². The fraction of sp³-hybridized carbons (Fsp3) is 0.308. The molecule has 152 valence electrons. The van der Waals surface area contributed by atoms with Crippen LogP contribution in [0.2, 0.25) is 0 Å². The van der Waals surface area contributed by atoms with Crippen LogP contribution in [0.1, 0.15) is 43.4 Å². The van der Waals surface area contributed by atoms with E-state index in [0.29, 0.717) is 0 Å². The van der Waals surface area contributed by atoms with Crippen molar-refractivity contribution in [3.63, 3.8) is 0 Å². The zero-order chi connectivity index (χ0) is 20.8. The maximum atomic E-state index is 5.95. The Labute approximate surface area is 175 Å². The summed E-state index contributed by atoms with van der Waals surface area (Å²) < 4.78 is 0. The highest BCUT2D eigenvalue weighted by Gasteiger charge is 2.17. The maximum Gasteiger partial charge on any atom is 0.0366 e. The molecule has 0 saturated heterocycles. The number of hydrogen-bond acceptors (Lipinski definition) is 3. The van der Waals surface area contributed by atoms with Gasteiger partial charge in [0.05, 0.1) is 0 Å². The molecule has 0 bridgehead atoms. The quantitative estimate of drug-likeness (QED) is 0.394. The lowest BCUT2D eigenvalue weighted by molar-refractivity contribution is 0.864. The Kier molecular flexibility index (Phi) is 6.82. The molecule has 0 saturated carbocycles. The molecule has 0 aliphatic carbocycles. The summed E-state index contributed by atoms with van der Waals surface area (Å²) in [6.45, 7) is 9.59. The van der Waals surface area contributed by atoms with Gasteiger partial charge in [0, 0.05) is 49.7 Å². The van der Waals surface area contributed by atoms with Crippen molar-refractivity contribution in [3.05, 3.63) is 89.5 Å². The molecule has 0 aliphatic heterocycles. The third-order valence-corrected chi connectivity index (χ3v) is 5.77. The van der Waals surface area contributed by atoms with Crippen LogP contribution in [-0.4, -0.2) is 26.7 Å². The second kappa shape index (κ2) is 9.51. The van der Waals surface area contributed by atoms with Gasteiger partial charge in [0.25, 0.3) is 0 Å². The lowest BCUT2D eigenvalue weighted by Crippen LogP contribution is -2.21. The summed E-state index contributed by atoms with van der Waals surface area (Å²) in [7, 11) is 2.12. The lowest BCUT2D eigenvalue weighted by atomic mass is 9.85. The molecule has 2 N–H and O–H groups in total. The number of hydrogen-bond donors (Lipinski definition) is 1. The minimum Gasteiger partial charge on any atom is -0.399 e. The van der Waals surface area contributed by atoms with Crippen LogP contribution >= 0.6 is 0 Å². The second-order valence-electron chi connectivity index (χ2n) is 7.47. The molecule has 0 spiro atoms. The van der Waals surface area contributed by atoms with Crippen molar-refractivity contribution in [1.29, 1.82) is 0 Å². The predicted molar refractivity (Wildman–Crippen MR) is 127 cm³/mol. The monoisotopic (exact) mass is 387 g/mol. The highest BCUT2D eigenvalue weighted by Crippen LogP contribution is 2.34. The van der Waals surface area contributed by atoms with Gasteiger partial charge in [-0.3, -0.25) is 0 Å². The first-order valence-electron chi connectivity index (χ1n) is 10.6. The Morgan fingerprint density at radius 1 is 0.621 bits per heavy atom. The summed E-state index contributed by atoms with van der Waals surface area (Å²) in [5, 5.41) is 0. The van der Waals surface area contributed by atoms with Gasteiger partial charge in [0.2, 0.25) is 0 Å². The zero-order valence-corrected chi connectivity index (χ0v) is 18.1. The molecule has 3 aromatic carbocycles. The van der Waals surface area contributed by atoms with E-state index in [1.807, 2.05) is 12.1 Å². The molecule has 0 aromatic heterocycles. The molecule has 3 aromatic rings. The van der Waals surface area contributed by atoms with E-state index in [2.05, 4.69) is 98.3 Å². The predicted octanol–water partition coefficient (Wildman–Crippen LogP) is 5.75. The summed E-state index contributed by atoms with van der Waals surface area (Å²) in [5.74, 6) is 0.183. The van der Waals surface area contributed by atoms with Gasteiger partial charge >= 0.3 is 0 Å². The van der Waals surface area contributed by atoms with Crippen LogP contribution in [0.5, 0.6) is 0 Å². The number of rotatable bonds is 8. The second-order valence-corrected chi connectivity index (χ2v) is 7.47. The first-order valence-corrected chi connectivity index (χ1v) is 10.6. The molecule has 0 fully saturated rings. The van der Waals surface area contributed by atoms with Gasteiger partial charge in [-0.1, -0.05) is 36.4 Å². The molecule has 1 atom stereocenters. The van der Waals surface area contributed by atoms with Crippen molar-refractivity contribution in [2.45, 2.75) is 26.7 Å². The normalized spacial score (nSPS) is 11.9. The fourth-order valence-corrected chi connectivity index (χ4v) is 3.84. The van der Waals surface area contributed by atoms with E-state index < -0.39 is 0 Å². The van der Waals surface area contributed by atoms with Crippen molar-refractivity contribution in [2.24, 2.45) is 0 Å². The van der Waals surface area contributed by atoms with Crippen LogP contribution in [0.25, 0.3) is 0 Å². The molecule has 0 amide bonds. The summed E-state index contributed by atoms with van der Waals surface area (Å²) in [4.78, 5) is 4.62. The Balaban J connectivity index is 2.01. The van der Waals surface area contributed by atoms with E-state index in [1.54, 1.807) is 0 Å². The van der Waals surface area contributed by atoms with Gasteiger partial charge in [-0.05, 0) is 73.9 Å². The van der Waals surface area contributed by atoms with E-state index >= 15 is 0 Å².